The molecule has 0 saturated heterocycles. The first kappa shape index (κ1) is 18.1. The number of aryl methyl sites for hydroxylation is 1. The van der Waals surface area contributed by atoms with Crippen molar-refractivity contribution in [1.82, 2.24) is 9.88 Å². The predicted octanol–water partition coefficient (Wildman–Crippen LogP) is 1.78. The maximum Gasteiger partial charge on any atom is 0.253 e. The molecule has 1 saturated carbocycles. The van der Waals surface area contributed by atoms with Gasteiger partial charge >= 0.3 is 0 Å². The van der Waals surface area contributed by atoms with Crippen LogP contribution in [0.4, 0.5) is 4.39 Å². The number of rotatable bonds is 5. The molecule has 0 aliphatic heterocycles. The molecule has 1 atom stereocenters. The summed E-state index contributed by atoms with van der Waals surface area (Å²) >= 11 is 0. The Labute approximate surface area is 150 Å². The van der Waals surface area contributed by atoms with Crippen molar-refractivity contribution < 1.29 is 19.0 Å². The van der Waals surface area contributed by atoms with Gasteiger partial charge in [0.25, 0.3) is 5.91 Å². The van der Waals surface area contributed by atoms with Crippen LogP contribution in [0.3, 0.4) is 0 Å². The van der Waals surface area contributed by atoms with Gasteiger partial charge in [-0.1, -0.05) is 0 Å². The van der Waals surface area contributed by atoms with Crippen molar-refractivity contribution in [3.63, 3.8) is 0 Å². The lowest BCUT2D eigenvalue weighted by atomic mass is 9.74. The fourth-order valence-electron chi connectivity index (χ4n) is 3.25. The zero-order chi connectivity index (χ0) is 18.8. The quantitative estimate of drug-likeness (QED) is 0.852. The third-order valence-corrected chi connectivity index (χ3v) is 4.78. The van der Waals surface area contributed by atoms with Crippen LogP contribution in [0.2, 0.25) is 0 Å². The summed E-state index contributed by atoms with van der Waals surface area (Å²) in [6.07, 6.45) is 2.06. The maximum atomic E-state index is 13.8. The summed E-state index contributed by atoms with van der Waals surface area (Å²) < 4.78 is 20.5. The smallest absolute Gasteiger partial charge is 0.253 e. The van der Waals surface area contributed by atoms with E-state index in [1.165, 1.54) is 48.2 Å². The van der Waals surface area contributed by atoms with E-state index in [1.807, 2.05) is 0 Å². The molecule has 0 bridgehead atoms. The number of benzene rings is 1. The Balaban J connectivity index is 1.92. The fourth-order valence-corrected chi connectivity index (χ4v) is 3.25. The summed E-state index contributed by atoms with van der Waals surface area (Å²) in [7, 11) is 3.05. The number of methoxy groups -OCH3 is 1. The zero-order valence-electron chi connectivity index (χ0n) is 14.6. The van der Waals surface area contributed by atoms with Gasteiger partial charge in [0.2, 0.25) is 5.56 Å². The molecular formula is C19H21FN2O4. The molecule has 2 N–H and O–H groups in total. The van der Waals surface area contributed by atoms with Crippen LogP contribution in [0.1, 0.15) is 34.8 Å². The Morgan fingerprint density at radius 1 is 1.35 bits per heavy atom. The van der Waals surface area contributed by atoms with Crippen molar-refractivity contribution in [3.8, 4) is 5.75 Å². The van der Waals surface area contributed by atoms with Crippen LogP contribution in [-0.4, -0.2) is 28.8 Å². The Bertz CT molecular complexity index is 874. The van der Waals surface area contributed by atoms with E-state index in [4.69, 9.17) is 4.74 Å². The SMILES string of the molecule is COc1ccc(F)cc1C(NC(=O)c1ccc(=O)n(C)c1)C1CC(O)C1. The summed E-state index contributed by atoms with van der Waals surface area (Å²) in [5, 5.41) is 12.6. The summed E-state index contributed by atoms with van der Waals surface area (Å²) in [5.41, 5.74) is 0.641. The molecule has 1 aliphatic carbocycles. The number of aliphatic hydroxyl groups is 1. The monoisotopic (exact) mass is 360 g/mol. The maximum absolute atomic E-state index is 13.8. The minimum Gasteiger partial charge on any atom is -0.496 e. The van der Waals surface area contributed by atoms with E-state index in [0.29, 0.717) is 29.7 Å². The number of ether oxygens (including phenoxy) is 1. The lowest BCUT2D eigenvalue weighted by Crippen LogP contribution is -2.41. The minimum absolute atomic E-state index is 0.0304. The Kier molecular flexibility index (Phi) is 5.08. The third-order valence-electron chi connectivity index (χ3n) is 4.78. The molecule has 1 aliphatic rings. The van der Waals surface area contributed by atoms with Gasteiger partial charge in [-0.05, 0) is 43.0 Å². The van der Waals surface area contributed by atoms with Gasteiger partial charge in [-0.3, -0.25) is 9.59 Å². The molecule has 1 aromatic heterocycles. The van der Waals surface area contributed by atoms with Crippen molar-refractivity contribution in [2.45, 2.75) is 25.0 Å². The van der Waals surface area contributed by atoms with Gasteiger partial charge in [-0.15, -0.1) is 0 Å². The number of nitrogens with one attached hydrogen (secondary N) is 1. The van der Waals surface area contributed by atoms with E-state index >= 15 is 0 Å². The van der Waals surface area contributed by atoms with Gasteiger partial charge in [0.05, 0.1) is 24.8 Å². The zero-order valence-corrected chi connectivity index (χ0v) is 14.6. The number of amides is 1. The molecule has 1 unspecified atom stereocenters. The number of carbonyl (C=O) groups excluding carboxylic acids is 1. The van der Waals surface area contributed by atoms with Gasteiger partial charge in [0, 0.05) is 24.9 Å². The van der Waals surface area contributed by atoms with Gasteiger partial charge in [0.1, 0.15) is 11.6 Å². The van der Waals surface area contributed by atoms with Crippen molar-refractivity contribution in [3.05, 3.63) is 63.8 Å². The summed E-state index contributed by atoms with van der Waals surface area (Å²) in [6, 6.07) is 6.42. The van der Waals surface area contributed by atoms with E-state index < -0.39 is 18.0 Å². The van der Waals surface area contributed by atoms with E-state index in [9.17, 15) is 19.1 Å². The first-order valence-electron chi connectivity index (χ1n) is 8.38. The number of hydrogen-bond acceptors (Lipinski definition) is 4. The topological polar surface area (TPSA) is 80.6 Å². The molecule has 138 valence electrons. The van der Waals surface area contributed by atoms with Crippen LogP contribution in [0.25, 0.3) is 0 Å². The van der Waals surface area contributed by atoms with Gasteiger partial charge in [0.15, 0.2) is 0 Å². The molecule has 6 nitrogen and oxygen atoms in total. The molecule has 0 spiro atoms. The lowest BCUT2D eigenvalue weighted by Gasteiger charge is -2.38. The van der Waals surface area contributed by atoms with Crippen molar-refractivity contribution >= 4 is 5.91 Å². The highest BCUT2D eigenvalue weighted by Crippen LogP contribution is 2.41. The minimum atomic E-state index is -0.506. The normalized spacial score (nSPS) is 20.2. The van der Waals surface area contributed by atoms with E-state index in [0.717, 1.165) is 0 Å². The van der Waals surface area contributed by atoms with Crippen molar-refractivity contribution in [1.29, 1.82) is 0 Å². The van der Waals surface area contributed by atoms with Crippen LogP contribution in [0.5, 0.6) is 5.75 Å². The van der Waals surface area contributed by atoms with Crippen molar-refractivity contribution in [2.24, 2.45) is 13.0 Å². The highest BCUT2D eigenvalue weighted by atomic mass is 19.1. The van der Waals surface area contributed by atoms with Crippen LogP contribution in [0, 0.1) is 11.7 Å². The summed E-state index contributed by atoms with van der Waals surface area (Å²) in [4.78, 5) is 24.2. The second kappa shape index (κ2) is 7.29. The number of aliphatic hydroxyl groups excluding tert-OH is 1. The highest BCUT2D eigenvalue weighted by molar-refractivity contribution is 5.94. The number of aromatic nitrogens is 1. The first-order chi connectivity index (χ1) is 12.4. The van der Waals surface area contributed by atoms with Gasteiger partial charge in [-0.2, -0.15) is 0 Å². The standard InChI is InChI=1S/C19H21FN2O4/c1-22-10-11(3-6-17(22)24)19(25)21-18(12-7-14(23)8-12)15-9-13(20)4-5-16(15)26-2/h3-6,9-10,12,14,18,23H,7-8H2,1-2H3,(H,21,25). The van der Waals surface area contributed by atoms with Crippen LogP contribution < -0.4 is 15.6 Å². The molecular weight excluding hydrogens is 339 g/mol. The number of hydrogen-bond donors (Lipinski definition) is 2. The molecule has 0 radical (unpaired) electrons. The Morgan fingerprint density at radius 2 is 2.08 bits per heavy atom. The van der Waals surface area contributed by atoms with Gasteiger partial charge in [-0.25, -0.2) is 4.39 Å². The molecule has 3 rings (SSSR count). The van der Waals surface area contributed by atoms with Crippen LogP contribution in [0.15, 0.2) is 41.3 Å². The average molecular weight is 360 g/mol. The largest absolute Gasteiger partial charge is 0.496 e. The molecule has 1 amide bonds. The average Bonchev–Trinajstić information content (AvgIpc) is 2.59. The fraction of sp³-hybridized carbons (Fsp3) is 0.368. The number of pyridine rings is 1. The second-order valence-electron chi connectivity index (χ2n) is 6.59. The third kappa shape index (κ3) is 3.62. The Hall–Kier alpha value is -2.67. The van der Waals surface area contributed by atoms with Gasteiger partial charge < -0.3 is 19.7 Å². The van der Waals surface area contributed by atoms with Crippen LogP contribution in [-0.2, 0) is 7.05 Å². The molecule has 26 heavy (non-hydrogen) atoms. The highest BCUT2D eigenvalue weighted by Gasteiger charge is 2.37. The Morgan fingerprint density at radius 3 is 2.69 bits per heavy atom. The molecule has 1 heterocycles. The molecule has 2 aromatic rings. The number of carbonyl (C=O) groups is 1. The number of nitrogens with zero attached hydrogens (tertiary/aromatic N) is 1. The first-order valence-corrected chi connectivity index (χ1v) is 8.38. The van der Waals surface area contributed by atoms with Crippen molar-refractivity contribution in [2.75, 3.05) is 7.11 Å². The predicted molar refractivity (Wildman–Crippen MR) is 93.6 cm³/mol. The molecule has 7 heteroatoms. The summed E-state index contributed by atoms with van der Waals surface area (Å²) in [6.45, 7) is 0. The summed E-state index contributed by atoms with van der Waals surface area (Å²) in [5.74, 6) is -0.365. The molecule has 1 fully saturated rings. The van der Waals surface area contributed by atoms with E-state index in [1.54, 1.807) is 7.05 Å². The lowest BCUT2D eigenvalue weighted by molar-refractivity contribution is 0.0231. The molecule has 1 aromatic carbocycles. The van der Waals surface area contributed by atoms with Crippen LogP contribution >= 0.6 is 0 Å². The second-order valence-corrected chi connectivity index (χ2v) is 6.59. The van der Waals surface area contributed by atoms with E-state index in [2.05, 4.69) is 5.32 Å². The van der Waals surface area contributed by atoms with E-state index in [-0.39, 0.29) is 17.4 Å². The number of halogens is 1.